The fourth-order valence-electron chi connectivity index (χ4n) is 2.49. The van der Waals surface area contributed by atoms with E-state index in [1.165, 1.54) is 0 Å². The Morgan fingerprint density at radius 1 is 1.04 bits per heavy atom. The van der Waals surface area contributed by atoms with Gasteiger partial charge in [0.25, 0.3) is 5.91 Å². The summed E-state index contributed by atoms with van der Waals surface area (Å²) in [5, 5.41) is 8.92. The number of carbonyl (C=O) groups is 1. The molecule has 4 nitrogen and oxygen atoms in total. The average Bonchev–Trinajstić information content (AvgIpc) is 3.01. The topological polar surface area (TPSA) is 82.7 Å². The van der Waals surface area contributed by atoms with Crippen molar-refractivity contribution in [3.05, 3.63) is 71.4 Å². The lowest BCUT2D eigenvalue weighted by molar-refractivity contribution is 0.0996. The monoisotopic (exact) mass is 301 g/mol. The van der Waals surface area contributed by atoms with Gasteiger partial charge in [-0.3, -0.25) is 4.79 Å². The molecule has 0 fully saturated rings. The van der Waals surface area contributed by atoms with E-state index in [1.54, 1.807) is 18.2 Å². The van der Waals surface area contributed by atoms with Gasteiger partial charge in [0.15, 0.2) is 0 Å². The molecule has 1 aromatic heterocycles. The number of rotatable bonds is 3. The molecule has 0 radical (unpaired) electrons. The second-order valence-corrected chi connectivity index (χ2v) is 5.39. The van der Waals surface area contributed by atoms with Gasteiger partial charge in [0, 0.05) is 5.56 Å². The predicted molar refractivity (Wildman–Crippen MR) is 89.6 cm³/mol. The Balaban J connectivity index is 2.16. The highest BCUT2D eigenvalue weighted by molar-refractivity contribution is 5.96. The third-order valence-corrected chi connectivity index (χ3v) is 3.75. The van der Waals surface area contributed by atoms with Crippen LogP contribution in [0.3, 0.4) is 0 Å². The zero-order valence-corrected chi connectivity index (χ0v) is 12.6. The fourth-order valence-corrected chi connectivity index (χ4v) is 2.49. The molecule has 112 valence electrons. The molecule has 0 atom stereocenters. The summed E-state index contributed by atoms with van der Waals surface area (Å²) in [7, 11) is 0. The van der Waals surface area contributed by atoms with Crippen molar-refractivity contribution in [1.29, 1.82) is 5.26 Å². The van der Waals surface area contributed by atoms with Crippen molar-refractivity contribution in [1.82, 2.24) is 4.98 Å². The molecule has 0 unspecified atom stereocenters. The first-order chi connectivity index (χ1) is 11.1. The molecule has 3 N–H and O–H groups in total. The Morgan fingerprint density at radius 3 is 2.22 bits per heavy atom. The molecule has 0 saturated heterocycles. The second-order valence-electron chi connectivity index (χ2n) is 5.39. The standard InChI is InChI=1S/C19H15N3O/c1-12-2-6-15(7-3-12)18-16(10-17(22-18)19(21)23)14-8-4-13(11-20)5-9-14/h2-10,22H,1H3,(H2,21,23). The van der Waals surface area contributed by atoms with Gasteiger partial charge in [-0.2, -0.15) is 5.26 Å². The van der Waals surface area contributed by atoms with E-state index in [2.05, 4.69) is 11.1 Å². The van der Waals surface area contributed by atoms with E-state index in [-0.39, 0.29) is 0 Å². The molecule has 4 heteroatoms. The van der Waals surface area contributed by atoms with Gasteiger partial charge in [-0.25, -0.2) is 0 Å². The summed E-state index contributed by atoms with van der Waals surface area (Å²) in [6.07, 6.45) is 0. The second kappa shape index (κ2) is 5.82. The molecule has 0 spiro atoms. The third-order valence-electron chi connectivity index (χ3n) is 3.75. The van der Waals surface area contributed by atoms with Crippen molar-refractivity contribution in [3.8, 4) is 28.5 Å². The van der Waals surface area contributed by atoms with E-state index in [1.807, 2.05) is 43.3 Å². The molecule has 0 aliphatic carbocycles. The van der Waals surface area contributed by atoms with Gasteiger partial charge in [-0.15, -0.1) is 0 Å². The molecule has 0 saturated carbocycles. The highest BCUT2D eigenvalue weighted by atomic mass is 16.1. The first kappa shape index (κ1) is 14.6. The van der Waals surface area contributed by atoms with Crippen LogP contribution in [0.25, 0.3) is 22.4 Å². The first-order valence-corrected chi connectivity index (χ1v) is 7.19. The summed E-state index contributed by atoms with van der Waals surface area (Å²) >= 11 is 0. The molecule has 1 amide bonds. The number of H-pyrrole nitrogens is 1. The van der Waals surface area contributed by atoms with Crippen LogP contribution in [-0.2, 0) is 0 Å². The number of amides is 1. The van der Waals surface area contributed by atoms with Crippen molar-refractivity contribution in [2.75, 3.05) is 0 Å². The number of aromatic nitrogens is 1. The Morgan fingerprint density at radius 2 is 1.65 bits per heavy atom. The van der Waals surface area contributed by atoms with Crippen LogP contribution in [0.4, 0.5) is 0 Å². The molecule has 3 rings (SSSR count). The molecule has 23 heavy (non-hydrogen) atoms. The molecule has 0 aliphatic heterocycles. The van der Waals surface area contributed by atoms with E-state index in [9.17, 15) is 4.79 Å². The van der Waals surface area contributed by atoms with Crippen LogP contribution in [0.15, 0.2) is 54.6 Å². The number of nitrogens with two attached hydrogens (primary N) is 1. The maximum Gasteiger partial charge on any atom is 0.265 e. The lowest BCUT2D eigenvalue weighted by atomic mass is 10.00. The van der Waals surface area contributed by atoms with E-state index in [0.29, 0.717) is 11.3 Å². The van der Waals surface area contributed by atoms with Crippen LogP contribution in [0, 0.1) is 18.3 Å². The number of benzene rings is 2. The Hall–Kier alpha value is -3.32. The number of aryl methyl sites for hydroxylation is 1. The van der Waals surface area contributed by atoms with Crippen LogP contribution < -0.4 is 5.73 Å². The summed E-state index contributed by atoms with van der Waals surface area (Å²) in [4.78, 5) is 14.6. The van der Waals surface area contributed by atoms with Crippen LogP contribution in [0.2, 0.25) is 0 Å². The number of primary amides is 1. The van der Waals surface area contributed by atoms with E-state index in [0.717, 1.165) is 27.9 Å². The first-order valence-electron chi connectivity index (χ1n) is 7.19. The van der Waals surface area contributed by atoms with Gasteiger partial charge < -0.3 is 10.7 Å². The smallest absolute Gasteiger partial charge is 0.265 e. The van der Waals surface area contributed by atoms with E-state index < -0.39 is 5.91 Å². The van der Waals surface area contributed by atoms with Gasteiger partial charge in [0.1, 0.15) is 5.69 Å². The minimum absolute atomic E-state index is 0.361. The molecule has 2 aromatic carbocycles. The zero-order chi connectivity index (χ0) is 16.4. The number of nitriles is 1. The van der Waals surface area contributed by atoms with Gasteiger partial charge in [-0.1, -0.05) is 42.0 Å². The van der Waals surface area contributed by atoms with Crippen LogP contribution in [0.5, 0.6) is 0 Å². The number of nitrogens with zero attached hydrogens (tertiary/aromatic N) is 1. The summed E-state index contributed by atoms with van der Waals surface area (Å²) in [5.74, 6) is -0.502. The largest absolute Gasteiger partial charge is 0.364 e. The van der Waals surface area contributed by atoms with Crippen LogP contribution in [-0.4, -0.2) is 10.9 Å². The summed E-state index contributed by atoms with van der Waals surface area (Å²) in [6.45, 7) is 2.02. The normalized spacial score (nSPS) is 10.3. The number of carbonyl (C=O) groups excluding carboxylic acids is 1. The molecule has 0 aliphatic rings. The quantitative estimate of drug-likeness (QED) is 0.774. The van der Waals surface area contributed by atoms with Crippen LogP contribution >= 0.6 is 0 Å². The Labute approximate surface area is 134 Å². The van der Waals surface area contributed by atoms with Crippen molar-refractivity contribution >= 4 is 5.91 Å². The van der Waals surface area contributed by atoms with E-state index in [4.69, 9.17) is 11.0 Å². The Bertz CT molecular complexity index is 897. The summed E-state index contributed by atoms with van der Waals surface area (Å²) in [6, 6.07) is 19.1. The van der Waals surface area contributed by atoms with Crippen LogP contribution in [0.1, 0.15) is 21.6 Å². The Kier molecular flexibility index (Phi) is 3.70. The van der Waals surface area contributed by atoms with Crippen molar-refractivity contribution in [2.45, 2.75) is 6.92 Å². The number of nitrogens with one attached hydrogen (secondary N) is 1. The zero-order valence-electron chi connectivity index (χ0n) is 12.6. The lowest BCUT2D eigenvalue weighted by Gasteiger charge is -2.05. The van der Waals surface area contributed by atoms with Crippen molar-refractivity contribution < 1.29 is 4.79 Å². The number of hydrogen-bond donors (Lipinski definition) is 2. The minimum Gasteiger partial charge on any atom is -0.364 e. The van der Waals surface area contributed by atoms with Crippen molar-refractivity contribution in [3.63, 3.8) is 0 Å². The summed E-state index contributed by atoms with van der Waals surface area (Å²) in [5.41, 5.74) is 11.1. The highest BCUT2D eigenvalue weighted by Gasteiger charge is 2.14. The average molecular weight is 301 g/mol. The molecular weight excluding hydrogens is 286 g/mol. The fraction of sp³-hybridized carbons (Fsp3) is 0.0526. The van der Waals surface area contributed by atoms with Gasteiger partial charge >= 0.3 is 0 Å². The minimum atomic E-state index is -0.502. The maximum atomic E-state index is 11.5. The SMILES string of the molecule is Cc1ccc(-c2[nH]c(C(N)=O)cc2-c2ccc(C#N)cc2)cc1. The maximum absolute atomic E-state index is 11.5. The number of hydrogen-bond acceptors (Lipinski definition) is 2. The summed E-state index contributed by atoms with van der Waals surface area (Å²) < 4.78 is 0. The molecule has 1 heterocycles. The lowest BCUT2D eigenvalue weighted by Crippen LogP contribution is -2.10. The van der Waals surface area contributed by atoms with Crippen molar-refractivity contribution in [2.24, 2.45) is 5.73 Å². The van der Waals surface area contributed by atoms with Gasteiger partial charge in [0.2, 0.25) is 0 Å². The molecule has 3 aromatic rings. The van der Waals surface area contributed by atoms with E-state index >= 15 is 0 Å². The number of aromatic amines is 1. The third kappa shape index (κ3) is 2.85. The molecular formula is C19H15N3O. The predicted octanol–water partition coefficient (Wildman–Crippen LogP) is 3.63. The molecule has 0 bridgehead atoms. The van der Waals surface area contributed by atoms with Gasteiger partial charge in [0.05, 0.1) is 17.3 Å². The van der Waals surface area contributed by atoms with Gasteiger partial charge in [-0.05, 0) is 36.2 Å². The highest BCUT2D eigenvalue weighted by Crippen LogP contribution is 2.32.